The lowest BCUT2D eigenvalue weighted by Gasteiger charge is -2.17. The Balaban J connectivity index is 0.00000288. The van der Waals surface area contributed by atoms with Gasteiger partial charge in [-0.15, -0.1) is 12.4 Å². The Morgan fingerprint density at radius 2 is 1.96 bits per heavy atom. The number of halogens is 1. The van der Waals surface area contributed by atoms with Crippen LogP contribution in [0.4, 0.5) is 5.69 Å². The van der Waals surface area contributed by atoms with Gasteiger partial charge in [0.2, 0.25) is 15.9 Å². The maximum atomic E-state index is 12.3. The molecule has 9 heteroatoms. The van der Waals surface area contributed by atoms with E-state index in [0.717, 1.165) is 12.8 Å². The molecule has 136 valence electrons. The topological polar surface area (TPSA) is 111 Å². The second-order valence-corrected chi connectivity index (χ2v) is 7.73. The fraction of sp³-hybridized carbons (Fsp3) is 0.533. The molecule has 1 aromatic rings. The Morgan fingerprint density at radius 1 is 1.33 bits per heavy atom. The third-order valence-corrected chi connectivity index (χ3v) is 5.18. The molecule has 1 amide bonds. The van der Waals surface area contributed by atoms with Gasteiger partial charge in [-0.3, -0.25) is 4.79 Å². The molecule has 0 saturated heterocycles. The van der Waals surface area contributed by atoms with E-state index in [1.807, 2.05) is 13.8 Å². The maximum Gasteiger partial charge on any atom is 0.241 e. The number of rotatable bonds is 7. The van der Waals surface area contributed by atoms with Crippen molar-refractivity contribution in [2.75, 3.05) is 12.4 Å². The van der Waals surface area contributed by atoms with E-state index in [0.29, 0.717) is 5.75 Å². The van der Waals surface area contributed by atoms with Crippen molar-refractivity contribution in [3.63, 3.8) is 0 Å². The average Bonchev–Trinajstić information content (AvgIpc) is 3.29. The number of ether oxygens (including phenoxy) is 1. The van der Waals surface area contributed by atoms with E-state index in [-0.39, 0.29) is 40.9 Å². The van der Waals surface area contributed by atoms with Crippen molar-refractivity contribution >= 4 is 34.0 Å². The van der Waals surface area contributed by atoms with Crippen LogP contribution in [0.3, 0.4) is 0 Å². The summed E-state index contributed by atoms with van der Waals surface area (Å²) in [5.41, 5.74) is 6.10. The molecular weight excluding hydrogens is 354 g/mol. The predicted octanol–water partition coefficient (Wildman–Crippen LogP) is 1.48. The molecule has 1 fully saturated rings. The van der Waals surface area contributed by atoms with Crippen molar-refractivity contribution in [2.45, 2.75) is 43.7 Å². The third kappa shape index (κ3) is 5.07. The normalized spacial score (nSPS) is 15.5. The number of amides is 1. The van der Waals surface area contributed by atoms with Crippen LogP contribution in [0.2, 0.25) is 0 Å². The second-order valence-electron chi connectivity index (χ2n) is 6.02. The van der Waals surface area contributed by atoms with Crippen LogP contribution in [-0.4, -0.2) is 33.5 Å². The number of carbonyl (C=O) groups excluding carboxylic acids is 1. The van der Waals surface area contributed by atoms with Crippen molar-refractivity contribution in [1.29, 1.82) is 0 Å². The third-order valence-electron chi connectivity index (χ3n) is 3.66. The first kappa shape index (κ1) is 20.7. The van der Waals surface area contributed by atoms with Crippen molar-refractivity contribution in [1.82, 2.24) is 4.72 Å². The van der Waals surface area contributed by atoms with Crippen molar-refractivity contribution in [3.05, 3.63) is 18.2 Å². The zero-order valence-electron chi connectivity index (χ0n) is 13.9. The highest BCUT2D eigenvalue weighted by Gasteiger charge is 2.28. The smallest absolute Gasteiger partial charge is 0.241 e. The summed E-state index contributed by atoms with van der Waals surface area (Å²) in [7, 11) is -2.16. The summed E-state index contributed by atoms with van der Waals surface area (Å²) in [4.78, 5) is 12.2. The minimum absolute atomic E-state index is 0. The molecule has 1 aliphatic rings. The summed E-state index contributed by atoms with van der Waals surface area (Å²) < 4.78 is 32.3. The Kier molecular flexibility index (Phi) is 7.03. The van der Waals surface area contributed by atoms with Gasteiger partial charge in [0.05, 0.1) is 23.7 Å². The summed E-state index contributed by atoms with van der Waals surface area (Å²) in [6, 6.07) is 3.66. The fourth-order valence-corrected chi connectivity index (χ4v) is 3.29. The summed E-state index contributed by atoms with van der Waals surface area (Å²) in [5.74, 6) is -0.0490. The van der Waals surface area contributed by atoms with Crippen LogP contribution in [0.1, 0.15) is 26.7 Å². The molecule has 0 heterocycles. The number of carbonyl (C=O) groups is 1. The van der Waals surface area contributed by atoms with Crippen LogP contribution in [0, 0.1) is 5.92 Å². The Morgan fingerprint density at radius 3 is 2.46 bits per heavy atom. The van der Waals surface area contributed by atoms with Crippen LogP contribution in [0.15, 0.2) is 23.1 Å². The molecule has 0 radical (unpaired) electrons. The largest absolute Gasteiger partial charge is 0.495 e. The van der Waals surface area contributed by atoms with Gasteiger partial charge >= 0.3 is 0 Å². The number of anilines is 1. The highest BCUT2D eigenvalue weighted by atomic mass is 35.5. The standard InChI is InChI=1S/C15H23N3O4S.ClH/c1-9(2)14(16)15(19)17-12-8-11(6-7-13(12)22-3)23(20,21)18-10-4-5-10;/h6-10,14,18H,4-5,16H2,1-3H3,(H,17,19);1H/t14-;/m0./s1. The molecule has 1 aliphatic carbocycles. The predicted molar refractivity (Wildman–Crippen MR) is 95.0 cm³/mol. The Hall–Kier alpha value is -1.35. The monoisotopic (exact) mass is 377 g/mol. The van der Waals surface area contributed by atoms with Gasteiger partial charge in [0, 0.05) is 6.04 Å². The molecule has 7 nitrogen and oxygen atoms in total. The number of hydrogen-bond donors (Lipinski definition) is 3. The van der Waals surface area contributed by atoms with Crippen molar-refractivity contribution < 1.29 is 17.9 Å². The summed E-state index contributed by atoms with van der Waals surface area (Å²) in [5, 5.41) is 2.64. The summed E-state index contributed by atoms with van der Waals surface area (Å²) >= 11 is 0. The quantitative estimate of drug-likeness (QED) is 0.666. The lowest BCUT2D eigenvalue weighted by atomic mass is 10.0. The fourth-order valence-electron chi connectivity index (χ4n) is 1.96. The zero-order chi connectivity index (χ0) is 17.2. The average molecular weight is 378 g/mol. The molecule has 0 bridgehead atoms. The van der Waals surface area contributed by atoms with E-state index < -0.39 is 16.1 Å². The van der Waals surface area contributed by atoms with E-state index in [2.05, 4.69) is 10.0 Å². The summed E-state index contributed by atoms with van der Waals surface area (Å²) in [6.45, 7) is 3.67. The SMILES string of the molecule is COc1ccc(S(=O)(=O)NC2CC2)cc1NC(=O)[C@@H](N)C(C)C.Cl. The summed E-state index contributed by atoms with van der Waals surface area (Å²) in [6.07, 6.45) is 1.70. The first-order valence-corrected chi connectivity index (χ1v) is 8.99. The lowest BCUT2D eigenvalue weighted by molar-refractivity contribution is -0.118. The number of benzene rings is 1. The van der Waals surface area contributed by atoms with Crippen molar-refractivity contribution in [3.8, 4) is 5.75 Å². The van der Waals surface area contributed by atoms with Gasteiger partial charge in [0.1, 0.15) is 5.75 Å². The first-order chi connectivity index (χ1) is 10.7. The highest BCUT2D eigenvalue weighted by molar-refractivity contribution is 7.89. The molecule has 1 aromatic carbocycles. The van der Waals surface area contributed by atoms with Crippen LogP contribution in [-0.2, 0) is 14.8 Å². The van der Waals surface area contributed by atoms with Gasteiger partial charge in [-0.2, -0.15) is 0 Å². The highest BCUT2D eigenvalue weighted by Crippen LogP contribution is 2.29. The molecule has 24 heavy (non-hydrogen) atoms. The van der Waals surface area contributed by atoms with Gasteiger partial charge in [-0.05, 0) is 37.0 Å². The van der Waals surface area contributed by atoms with Gasteiger partial charge in [-0.25, -0.2) is 13.1 Å². The molecule has 0 spiro atoms. The molecule has 0 aliphatic heterocycles. The van der Waals surface area contributed by atoms with E-state index in [1.165, 1.54) is 25.3 Å². The molecule has 1 saturated carbocycles. The molecule has 2 rings (SSSR count). The minimum Gasteiger partial charge on any atom is -0.495 e. The Labute approximate surface area is 148 Å². The van der Waals surface area contributed by atoms with E-state index in [1.54, 1.807) is 0 Å². The zero-order valence-corrected chi connectivity index (χ0v) is 15.5. The van der Waals surface area contributed by atoms with Gasteiger partial charge in [0.25, 0.3) is 0 Å². The number of hydrogen-bond acceptors (Lipinski definition) is 5. The second kappa shape index (κ2) is 8.15. The number of sulfonamides is 1. The van der Waals surface area contributed by atoms with E-state index in [4.69, 9.17) is 10.5 Å². The minimum atomic E-state index is -3.60. The van der Waals surface area contributed by atoms with Crippen molar-refractivity contribution in [2.24, 2.45) is 11.7 Å². The number of nitrogens with one attached hydrogen (secondary N) is 2. The van der Waals surface area contributed by atoms with E-state index >= 15 is 0 Å². The van der Waals surface area contributed by atoms with Gasteiger partial charge in [-0.1, -0.05) is 13.8 Å². The Bertz CT molecular complexity index is 690. The molecule has 4 N–H and O–H groups in total. The van der Waals surface area contributed by atoms with Crippen LogP contribution in [0.5, 0.6) is 5.75 Å². The number of nitrogens with two attached hydrogens (primary N) is 1. The number of methoxy groups -OCH3 is 1. The molecule has 1 atom stereocenters. The van der Waals surface area contributed by atoms with Crippen LogP contribution >= 0.6 is 12.4 Å². The van der Waals surface area contributed by atoms with Crippen LogP contribution < -0.4 is 20.5 Å². The lowest BCUT2D eigenvalue weighted by Crippen LogP contribution is -2.39. The molecule has 0 aromatic heterocycles. The van der Waals surface area contributed by atoms with Gasteiger partial charge < -0.3 is 15.8 Å². The van der Waals surface area contributed by atoms with E-state index in [9.17, 15) is 13.2 Å². The molecule has 0 unspecified atom stereocenters. The maximum absolute atomic E-state index is 12.3. The van der Waals surface area contributed by atoms with Gasteiger partial charge in [0.15, 0.2) is 0 Å². The van der Waals surface area contributed by atoms with Crippen LogP contribution in [0.25, 0.3) is 0 Å². The first-order valence-electron chi connectivity index (χ1n) is 7.51. The molecular formula is C15H24ClN3O4S.